The average Bonchev–Trinajstić information content (AvgIpc) is 2.42. The van der Waals surface area contributed by atoms with E-state index in [0.29, 0.717) is 6.61 Å². The van der Waals surface area contributed by atoms with E-state index in [1.54, 1.807) is 0 Å². The molecule has 0 unspecified atom stereocenters. The SMILES string of the molecule is CC#CCOc1ccc(SC2CCNCC2)cc1. The molecule has 1 saturated heterocycles. The minimum Gasteiger partial charge on any atom is -0.481 e. The van der Waals surface area contributed by atoms with E-state index >= 15 is 0 Å². The van der Waals surface area contributed by atoms with Gasteiger partial charge in [0, 0.05) is 10.1 Å². The normalized spacial score (nSPS) is 15.8. The minimum atomic E-state index is 0.470. The Balaban J connectivity index is 1.84. The van der Waals surface area contributed by atoms with Gasteiger partial charge in [0.1, 0.15) is 12.4 Å². The standard InChI is InChI=1S/C15H19NOS/c1-2-3-12-17-13-4-6-14(7-5-13)18-15-8-10-16-11-9-15/h4-7,15-16H,8-12H2,1H3. The molecule has 1 aliphatic heterocycles. The van der Waals surface area contributed by atoms with Gasteiger partial charge in [-0.25, -0.2) is 0 Å². The molecular weight excluding hydrogens is 242 g/mol. The predicted molar refractivity (Wildman–Crippen MR) is 77.1 cm³/mol. The molecular formula is C15H19NOS. The maximum Gasteiger partial charge on any atom is 0.149 e. The third-order valence-electron chi connectivity index (χ3n) is 2.90. The molecule has 0 amide bonds. The van der Waals surface area contributed by atoms with Crippen LogP contribution in [0.25, 0.3) is 0 Å². The molecule has 1 heterocycles. The third-order valence-corrected chi connectivity index (χ3v) is 4.25. The summed E-state index contributed by atoms with van der Waals surface area (Å²) in [5, 5.41) is 4.15. The average molecular weight is 261 g/mol. The summed E-state index contributed by atoms with van der Waals surface area (Å²) in [5.74, 6) is 6.61. The highest BCUT2D eigenvalue weighted by molar-refractivity contribution is 8.00. The van der Waals surface area contributed by atoms with Crippen LogP contribution in [-0.2, 0) is 0 Å². The summed E-state index contributed by atoms with van der Waals surface area (Å²) in [5.41, 5.74) is 0. The Morgan fingerprint density at radius 3 is 2.67 bits per heavy atom. The maximum atomic E-state index is 5.50. The van der Waals surface area contributed by atoms with Gasteiger partial charge in [-0.2, -0.15) is 0 Å². The maximum absolute atomic E-state index is 5.50. The smallest absolute Gasteiger partial charge is 0.149 e. The lowest BCUT2D eigenvalue weighted by Crippen LogP contribution is -2.29. The van der Waals surface area contributed by atoms with E-state index in [1.165, 1.54) is 17.7 Å². The van der Waals surface area contributed by atoms with Gasteiger partial charge in [0.2, 0.25) is 0 Å². The lowest BCUT2D eigenvalue weighted by molar-refractivity contribution is 0.370. The number of hydrogen-bond donors (Lipinski definition) is 1. The molecule has 0 saturated carbocycles. The molecule has 2 nitrogen and oxygen atoms in total. The van der Waals surface area contributed by atoms with E-state index in [4.69, 9.17) is 4.74 Å². The summed E-state index contributed by atoms with van der Waals surface area (Å²) < 4.78 is 5.50. The van der Waals surface area contributed by atoms with Crippen LogP contribution in [-0.4, -0.2) is 24.9 Å². The Morgan fingerprint density at radius 1 is 1.28 bits per heavy atom. The second-order valence-corrected chi connectivity index (χ2v) is 5.63. The largest absolute Gasteiger partial charge is 0.481 e. The number of nitrogens with one attached hydrogen (secondary N) is 1. The fraction of sp³-hybridized carbons (Fsp3) is 0.467. The number of benzene rings is 1. The Labute approximate surface area is 113 Å². The van der Waals surface area contributed by atoms with Crippen molar-refractivity contribution in [2.24, 2.45) is 0 Å². The van der Waals surface area contributed by atoms with Crippen LogP contribution >= 0.6 is 11.8 Å². The lowest BCUT2D eigenvalue weighted by Gasteiger charge is -2.22. The van der Waals surface area contributed by atoms with Crippen molar-refractivity contribution in [3.63, 3.8) is 0 Å². The van der Waals surface area contributed by atoms with Gasteiger partial charge in [0.25, 0.3) is 0 Å². The molecule has 0 atom stereocenters. The van der Waals surface area contributed by atoms with Crippen molar-refractivity contribution in [2.75, 3.05) is 19.7 Å². The van der Waals surface area contributed by atoms with Crippen molar-refractivity contribution in [1.82, 2.24) is 5.32 Å². The minimum absolute atomic E-state index is 0.470. The molecule has 3 heteroatoms. The summed E-state index contributed by atoms with van der Waals surface area (Å²) in [7, 11) is 0. The molecule has 1 N–H and O–H groups in total. The first-order valence-electron chi connectivity index (χ1n) is 6.38. The highest BCUT2D eigenvalue weighted by atomic mass is 32.2. The predicted octanol–water partition coefficient (Wildman–Crippen LogP) is 2.93. The van der Waals surface area contributed by atoms with Gasteiger partial charge in [0.15, 0.2) is 0 Å². The molecule has 2 rings (SSSR count). The van der Waals surface area contributed by atoms with Crippen LogP contribution in [0, 0.1) is 11.8 Å². The van der Waals surface area contributed by atoms with Gasteiger partial charge in [-0.15, -0.1) is 17.7 Å². The van der Waals surface area contributed by atoms with Gasteiger partial charge in [-0.3, -0.25) is 0 Å². The molecule has 1 aromatic rings. The van der Waals surface area contributed by atoms with Crippen LogP contribution in [0.2, 0.25) is 0 Å². The second-order valence-electron chi connectivity index (χ2n) is 4.25. The van der Waals surface area contributed by atoms with Gasteiger partial charge in [-0.1, -0.05) is 5.92 Å². The zero-order chi connectivity index (χ0) is 12.6. The van der Waals surface area contributed by atoms with E-state index in [2.05, 4.69) is 29.3 Å². The number of hydrogen-bond acceptors (Lipinski definition) is 3. The number of rotatable bonds is 4. The molecule has 1 aromatic carbocycles. The number of ether oxygens (including phenoxy) is 1. The van der Waals surface area contributed by atoms with Crippen LogP contribution in [0.4, 0.5) is 0 Å². The Hall–Kier alpha value is -1.11. The summed E-state index contributed by atoms with van der Waals surface area (Å²) in [6, 6.07) is 8.34. The van der Waals surface area contributed by atoms with Crippen LogP contribution in [0.5, 0.6) is 5.75 Å². The molecule has 1 fully saturated rings. The highest BCUT2D eigenvalue weighted by Gasteiger charge is 2.13. The number of thioether (sulfide) groups is 1. The first-order valence-corrected chi connectivity index (χ1v) is 7.26. The van der Waals surface area contributed by atoms with Gasteiger partial charge < -0.3 is 10.1 Å². The summed E-state index contributed by atoms with van der Waals surface area (Å²) in [4.78, 5) is 1.33. The van der Waals surface area contributed by atoms with E-state index in [0.717, 1.165) is 24.1 Å². The van der Waals surface area contributed by atoms with Crippen molar-refractivity contribution < 1.29 is 4.74 Å². The van der Waals surface area contributed by atoms with Crippen molar-refractivity contribution in [3.8, 4) is 17.6 Å². The highest BCUT2D eigenvalue weighted by Crippen LogP contribution is 2.29. The zero-order valence-electron chi connectivity index (χ0n) is 10.7. The molecule has 0 aromatic heterocycles. The zero-order valence-corrected chi connectivity index (χ0v) is 11.6. The molecule has 0 radical (unpaired) electrons. The fourth-order valence-electron chi connectivity index (χ4n) is 1.91. The van der Waals surface area contributed by atoms with Crippen molar-refractivity contribution in [1.29, 1.82) is 0 Å². The fourth-order valence-corrected chi connectivity index (χ4v) is 3.06. The summed E-state index contributed by atoms with van der Waals surface area (Å²) in [6.45, 7) is 4.59. The second kappa shape index (κ2) is 7.35. The molecule has 1 aliphatic rings. The van der Waals surface area contributed by atoms with Crippen LogP contribution < -0.4 is 10.1 Å². The molecule has 96 valence electrons. The Kier molecular flexibility index (Phi) is 5.44. The molecule has 0 bridgehead atoms. The summed E-state index contributed by atoms with van der Waals surface area (Å²) in [6.07, 6.45) is 2.52. The first-order chi connectivity index (χ1) is 8.88. The first kappa shape index (κ1) is 13.3. The van der Waals surface area contributed by atoms with Gasteiger partial charge in [0.05, 0.1) is 0 Å². The van der Waals surface area contributed by atoms with E-state index < -0.39 is 0 Å². The van der Waals surface area contributed by atoms with Crippen LogP contribution in [0.3, 0.4) is 0 Å². The molecule has 0 aliphatic carbocycles. The van der Waals surface area contributed by atoms with Crippen LogP contribution in [0.1, 0.15) is 19.8 Å². The van der Waals surface area contributed by atoms with Crippen LogP contribution in [0.15, 0.2) is 29.2 Å². The number of piperidine rings is 1. The third kappa shape index (κ3) is 4.29. The quantitative estimate of drug-likeness (QED) is 0.842. The Morgan fingerprint density at radius 2 is 2.00 bits per heavy atom. The topological polar surface area (TPSA) is 21.3 Å². The van der Waals surface area contributed by atoms with Crippen molar-refractivity contribution >= 4 is 11.8 Å². The van der Waals surface area contributed by atoms with Gasteiger partial charge in [-0.05, 0) is 57.1 Å². The van der Waals surface area contributed by atoms with E-state index in [1.807, 2.05) is 30.8 Å². The monoisotopic (exact) mass is 261 g/mol. The van der Waals surface area contributed by atoms with Crippen molar-refractivity contribution in [2.45, 2.75) is 29.9 Å². The molecule has 18 heavy (non-hydrogen) atoms. The van der Waals surface area contributed by atoms with E-state index in [-0.39, 0.29) is 0 Å². The molecule has 0 spiro atoms. The van der Waals surface area contributed by atoms with E-state index in [9.17, 15) is 0 Å². The Bertz CT molecular complexity index is 412. The summed E-state index contributed by atoms with van der Waals surface area (Å²) >= 11 is 1.98. The van der Waals surface area contributed by atoms with Crippen molar-refractivity contribution in [3.05, 3.63) is 24.3 Å². The lowest BCUT2D eigenvalue weighted by atomic mass is 10.2. The van der Waals surface area contributed by atoms with Gasteiger partial charge >= 0.3 is 0 Å².